The molecule has 1 saturated heterocycles. The Kier molecular flexibility index (Phi) is 1.68. The monoisotopic (exact) mass is 165 g/mol. The molecule has 3 fully saturated rings. The van der Waals surface area contributed by atoms with Crippen LogP contribution >= 0.6 is 0 Å². The predicted molar refractivity (Wildman–Crippen MR) is 50.0 cm³/mol. The van der Waals surface area contributed by atoms with Crippen LogP contribution in [0, 0.1) is 11.8 Å². The highest BCUT2D eigenvalue weighted by molar-refractivity contribution is 4.98. The van der Waals surface area contributed by atoms with Crippen LogP contribution in [-0.2, 0) is 0 Å². The van der Waals surface area contributed by atoms with Gasteiger partial charge in [0.05, 0.1) is 0 Å². The van der Waals surface area contributed by atoms with E-state index in [0.717, 1.165) is 17.9 Å². The lowest BCUT2D eigenvalue weighted by molar-refractivity contribution is 0.146. The van der Waals surface area contributed by atoms with E-state index < -0.39 is 0 Å². The Morgan fingerprint density at radius 3 is 2.75 bits per heavy atom. The predicted octanol–water partition coefficient (Wildman–Crippen LogP) is 2.27. The summed E-state index contributed by atoms with van der Waals surface area (Å²) in [5.41, 5.74) is 0. The van der Waals surface area contributed by atoms with Gasteiger partial charge in [-0.05, 0) is 50.5 Å². The first-order valence-corrected chi connectivity index (χ1v) is 5.67. The Morgan fingerprint density at radius 2 is 2.00 bits per heavy atom. The van der Waals surface area contributed by atoms with Crippen LogP contribution in [0.25, 0.3) is 0 Å². The third kappa shape index (κ3) is 1.19. The van der Waals surface area contributed by atoms with Gasteiger partial charge in [0.2, 0.25) is 0 Å². The van der Waals surface area contributed by atoms with Crippen molar-refractivity contribution in [3.8, 4) is 0 Å². The maximum Gasteiger partial charge on any atom is 0.0127 e. The average Bonchev–Trinajstić information content (AvgIpc) is 2.75. The molecule has 12 heavy (non-hydrogen) atoms. The number of piperidine rings is 1. The molecule has 0 bridgehead atoms. The lowest BCUT2D eigenvalue weighted by Crippen LogP contribution is -2.37. The molecule has 2 aliphatic carbocycles. The van der Waals surface area contributed by atoms with Gasteiger partial charge in [-0.3, -0.25) is 4.90 Å². The molecule has 0 radical (unpaired) electrons. The molecule has 68 valence electrons. The molecule has 0 unspecified atom stereocenters. The van der Waals surface area contributed by atoms with Gasteiger partial charge in [-0.2, -0.15) is 0 Å². The van der Waals surface area contributed by atoms with Crippen LogP contribution in [0.1, 0.15) is 38.5 Å². The zero-order chi connectivity index (χ0) is 7.97. The molecular weight excluding hydrogens is 146 g/mol. The highest BCUT2D eigenvalue weighted by Crippen LogP contribution is 2.44. The first-order valence-electron chi connectivity index (χ1n) is 5.67. The highest BCUT2D eigenvalue weighted by Gasteiger charge is 2.44. The summed E-state index contributed by atoms with van der Waals surface area (Å²) in [4.78, 5) is 2.79. The van der Waals surface area contributed by atoms with Gasteiger partial charge in [-0.25, -0.2) is 0 Å². The molecule has 1 nitrogen and oxygen atoms in total. The van der Waals surface area contributed by atoms with Crippen molar-refractivity contribution in [2.24, 2.45) is 11.8 Å². The Morgan fingerprint density at radius 1 is 1.08 bits per heavy atom. The van der Waals surface area contributed by atoms with Crippen molar-refractivity contribution < 1.29 is 0 Å². The van der Waals surface area contributed by atoms with Gasteiger partial charge < -0.3 is 0 Å². The van der Waals surface area contributed by atoms with Crippen LogP contribution < -0.4 is 0 Å². The van der Waals surface area contributed by atoms with Crippen molar-refractivity contribution in [3.63, 3.8) is 0 Å². The standard InChI is InChI=1S/C11H19N/c1-3-9(4-1)8-12-6-2-5-10-7-11(10)12/h9-11H,1-8H2/t10-,11+/m1/s1. The number of rotatable bonds is 2. The maximum absolute atomic E-state index is 2.79. The molecule has 3 rings (SSSR count). The molecule has 1 aliphatic heterocycles. The van der Waals surface area contributed by atoms with E-state index in [4.69, 9.17) is 0 Å². The van der Waals surface area contributed by atoms with Crippen molar-refractivity contribution in [2.75, 3.05) is 13.1 Å². The first-order chi connectivity index (χ1) is 5.93. The van der Waals surface area contributed by atoms with Gasteiger partial charge in [0.1, 0.15) is 0 Å². The van der Waals surface area contributed by atoms with Crippen LogP contribution in [0.5, 0.6) is 0 Å². The summed E-state index contributed by atoms with van der Waals surface area (Å²) in [7, 11) is 0. The van der Waals surface area contributed by atoms with Crippen LogP contribution in [0.4, 0.5) is 0 Å². The molecule has 0 amide bonds. The van der Waals surface area contributed by atoms with E-state index in [1.165, 1.54) is 51.6 Å². The first kappa shape index (κ1) is 7.37. The minimum Gasteiger partial charge on any atom is -0.300 e. The number of fused-ring (bicyclic) bond motifs is 1. The fourth-order valence-corrected chi connectivity index (χ4v) is 2.95. The van der Waals surface area contributed by atoms with E-state index >= 15 is 0 Å². The third-order valence-corrected chi connectivity index (χ3v) is 4.09. The molecule has 1 heteroatoms. The number of likely N-dealkylation sites (tertiary alicyclic amines) is 1. The molecule has 3 aliphatic rings. The van der Waals surface area contributed by atoms with E-state index in [2.05, 4.69) is 4.90 Å². The van der Waals surface area contributed by atoms with Crippen molar-refractivity contribution in [1.82, 2.24) is 4.90 Å². The summed E-state index contributed by atoms with van der Waals surface area (Å²) in [6.45, 7) is 2.86. The SMILES string of the molecule is C1CC(CN2CCC[C@@H]3C[C@@H]32)C1. The van der Waals surface area contributed by atoms with Crippen LogP contribution in [-0.4, -0.2) is 24.0 Å². The van der Waals surface area contributed by atoms with Crippen LogP contribution in [0.3, 0.4) is 0 Å². The Hall–Kier alpha value is -0.0400. The molecule has 0 aromatic carbocycles. The Labute approximate surface area is 75.1 Å². The van der Waals surface area contributed by atoms with Gasteiger partial charge in [0.25, 0.3) is 0 Å². The molecule has 1 heterocycles. The average molecular weight is 165 g/mol. The van der Waals surface area contributed by atoms with Crippen molar-refractivity contribution in [3.05, 3.63) is 0 Å². The molecule has 0 spiro atoms. The molecule has 0 aromatic rings. The zero-order valence-corrected chi connectivity index (χ0v) is 7.84. The second kappa shape index (κ2) is 2.73. The summed E-state index contributed by atoms with van der Waals surface area (Å²) >= 11 is 0. The quantitative estimate of drug-likeness (QED) is 0.606. The van der Waals surface area contributed by atoms with E-state index in [0.29, 0.717) is 0 Å². The summed E-state index contributed by atoms with van der Waals surface area (Å²) in [5.74, 6) is 2.21. The van der Waals surface area contributed by atoms with Crippen molar-refractivity contribution in [1.29, 1.82) is 0 Å². The van der Waals surface area contributed by atoms with Crippen LogP contribution in [0.2, 0.25) is 0 Å². The number of nitrogens with zero attached hydrogens (tertiary/aromatic N) is 1. The van der Waals surface area contributed by atoms with Gasteiger partial charge in [-0.15, -0.1) is 0 Å². The highest BCUT2D eigenvalue weighted by atomic mass is 15.2. The summed E-state index contributed by atoms with van der Waals surface area (Å²) < 4.78 is 0. The molecule has 0 N–H and O–H groups in total. The van der Waals surface area contributed by atoms with E-state index in [-0.39, 0.29) is 0 Å². The van der Waals surface area contributed by atoms with E-state index in [1.54, 1.807) is 0 Å². The maximum atomic E-state index is 2.79. The molecule has 0 aromatic heterocycles. The van der Waals surface area contributed by atoms with Crippen molar-refractivity contribution >= 4 is 0 Å². The fourth-order valence-electron chi connectivity index (χ4n) is 2.95. The fraction of sp³-hybridized carbons (Fsp3) is 1.00. The normalized spacial score (nSPS) is 42.0. The molecular formula is C11H19N. The number of hydrogen-bond donors (Lipinski definition) is 0. The lowest BCUT2D eigenvalue weighted by Gasteiger charge is -2.34. The lowest BCUT2D eigenvalue weighted by atomic mass is 9.85. The largest absolute Gasteiger partial charge is 0.300 e. The Balaban J connectivity index is 1.54. The molecule has 2 atom stereocenters. The van der Waals surface area contributed by atoms with Gasteiger partial charge in [0.15, 0.2) is 0 Å². The van der Waals surface area contributed by atoms with Crippen LogP contribution in [0.15, 0.2) is 0 Å². The second-order valence-corrected chi connectivity index (χ2v) is 5.00. The Bertz CT molecular complexity index is 174. The topological polar surface area (TPSA) is 3.24 Å². The van der Waals surface area contributed by atoms with E-state index in [1.807, 2.05) is 0 Å². The second-order valence-electron chi connectivity index (χ2n) is 5.00. The minimum atomic E-state index is 1.04. The summed E-state index contributed by atoms with van der Waals surface area (Å²) in [5, 5.41) is 0. The third-order valence-electron chi connectivity index (χ3n) is 4.09. The van der Waals surface area contributed by atoms with E-state index in [9.17, 15) is 0 Å². The van der Waals surface area contributed by atoms with Gasteiger partial charge >= 0.3 is 0 Å². The smallest absolute Gasteiger partial charge is 0.0127 e. The van der Waals surface area contributed by atoms with Gasteiger partial charge in [-0.1, -0.05) is 6.42 Å². The summed E-state index contributed by atoms with van der Waals surface area (Å²) in [6, 6.07) is 1.04. The molecule has 2 saturated carbocycles. The summed E-state index contributed by atoms with van der Waals surface area (Å²) in [6.07, 6.45) is 9.10. The number of hydrogen-bond acceptors (Lipinski definition) is 1. The minimum absolute atomic E-state index is 1.04. The van der Waals surface area contributed by atoms with Gasteiger partial charge in [0, 0.05) is 12.6 Å². The zero-order valence-electron chi connectivity index (χ0n) is 7.84. The van der Waals surface area contributed by atoms with Crippen molar-refractivity contribution in [2.45, 2.75) is 44.6 Å².